The Balaban J connectivity index is 2.09. The van der Waals surface area contributed by atoms with Gasteiger partial charge in [0.15, 0.2) is 0 Å². The van der Waals surface area contributed by atoms with Crippen LogP contribution in [0.15, 0.2) is 34.7 Å². The van der Waals surface area contributed by atoms with Crippen molar-refractivity contribution in [2.45, 2.75) is 6.92 Å². The van der Waals surface area contributed by atoms with Gasteiger partial charge in [0.1, 0.15) is 16.6 Å². The topological polar surface area (TPSA) is 82.4 Å². The molecule has 0 saturated carbocycles. The van der Waals surface area contributed by atoms with Crippen molar-refractivity contribution in [1.29, 1.82) is 5.26 Å². The number of H-pyrrole nitrogens is 1. The number of rotatable bonds is 2. The summed E-state index contributed by atoms with van der Waals surface area (Å²) in [7, 11) is 0. The third-order valence-corrected chi connectivity index (χ3v) is 4.57. The Morgan fingerprint density at radius 3 is 2.91 bits per heavy atom. The number of pyridine rings is 2. The molecule has 1 N–H and O–H groups in total. The van der Waals surface area contributed by atoms with E-state index in [4.69, 9.17) is 5.26 Å². The zero-order valence-corrected chi connectivity index (χ0v) is 14.4. The molecule has 3 rings (SSSR count). The highest BCUT2D eigenvalue weighted by Gasteiger charge is 2.12. The Hall–Kier alpha value is -2.05. The first-order chi connectivity index (χ1) is 10.6. The number of halogens is 1. The minimum absolute atomic E-state index is 0.0890. The quantitative estimate of drug-likeness (QED) is 0.645. The average Bonchev–Trinajstić information content (AvgIpc) is 2.97. The molecule has 0 aromatic carbocycles. The zero-order valence-electron chi connectivity index (χ0n) is 11.4. The van der Waals surface area contributed by atoms with Crippen LogP contribution in [0, 0.1) is 21.8 Å². The molecule has 0 saturated heterocycles. The summed E-state index contributed by atoms with van der Waals surface area (Å²) in [4.78, 5) is 23.1. The maximum absolute atomic E-state index is 11.6. The maximum atomic E-state index is 11.6. The second-order valence-corrected chi connectivity index (χ2v) is 6.70. The van der Waals surface area contributed by atoms with Gasteiger partial charge in [-0.3, -0.25) is 9.78 Å². The summed E-state index contributed by atoms with van der Waals surface area (Å²) < 4.78 is 1.04. The molecule has 0 radical (unpaired) electrons. The molecule has 0 bridgehead atoms. The lowest BCUT2D eigenvalue weighted by molar-refractivity contribution is 1.13. The number of hydrogen-bond acceptors (Lipinski definition) is 5. The van der Waals surface area contributed by atoms with E-state index in [2.05, 4.69) is 37.5 Å². The molecular formula is C15H9IN4OS. The molecule has 0 fully saturated rings. The van der Waals surface area contributed by atoms with Crippen LogP contribution >= 0.6 is 33.9 Å². The lowest BCUT2D eigenvalue weighted by Gasteiger charge is -2.02. The zero-order chi connectivity index (χ0) is 15.7. The largest absolute Gasteiger partial charge is 0.325 e. The van der Waals surface area contributed by atoms with Crippen LogP contribution in [-0.4, -0.2) is 15.0 Å². The van der Waals surface area contributed by atoms with E-state index in [1.165, 1.54) is 11.3 Å². The molecule has 0 aliphatic carbocycles. The number of thiazole rings is 1. The van der Waals surface area contributed by atoms with Gasteiger partial charge in [-0.25, -0.2) is 4.98 Å². The number of aromatic nitrogens is 3. The Kier molecular flexibility index (Phi) is 4.04. The second-order valence-electron chi connectivity index (χ2n) is 4.59. The SMILES string of the molecule is Cc1[nH]c(=O)c(C#N)cc1-c1csc(-c2cncc(I)c2)n1. The summed E-state index contributed by atoms with van der Waals surface area (Å²) >= 11 is 3.71. The van der Waals surface area contributed by atoms with Gasteiger partial charge in [0, 0.05) is 38.2 Å². The van der Waals surface area contributed by atoms with Gasteiger partial charge in [0.25, 0.3) is 5.56 Å². The van der Waals surface area contributed by atoms with E-state index in [1.54, 1.807) is 25.4 Å². The van der Waals surface area contributed by atoms with Crippen LogP contribution in [0.1, 0.15) is 11.3 Å². The Bertz CT molecular complexity index is 955. The summed E-state index contributed by atoms with van der Waals surface area (Å²) in [6.07, 6.45) is 3.55. The molecule has 3 heterocycles. The molecule has 3 aromatic rings. The number of nitrogens with one attached hydrogen (secondary N) is 1. The van der Waals surface area contributed by atoms with Crippen LogP contribution < -0.4 is 5.56 Å². The van der Waals surface area contributed by atoms with Crippen LogP contribution in [0.25, 0.3) is 21.8 Å². The van der Waals surface area contributed by atoms with E-state index in [-0.39, 0.29) is 11.1 Å². The molecule has 0 atom stereocenters. The third kappa shape index (κ3) is 2.80. The summed E-state index contributed by atoms with van der Waals surface area (Å²) in [6.45, 7) is 1.80. The monoisotopic (exact) mass is 420 g/mol. The number of nitrogens with zero attached hydrogens (tertiary/aromatic N) is 3. The molecule has 22 heavy (non-hydrogen) atoms. The fraction of sp³-hybridized carbons (Fsp3) is 0.0667. The normalized spacial score (nSPS) is 10.4. The number of nitriles is 1. The first-order valence-electron chi connectivity index (χ1n) is 6.29. The van der Waals surface area contributed by atoms with Gasteiger partial charge in [0.05, 0.1) is 5.69 Å². The fourth-order valence-corrected chi connectivity index (χ4v) is 3.33. The van der Waals surface area contributed by atoms with Crippen molar-refractivity contribution in [1.82, 2.24) is 15.0 Å². The van der Waals surface area contributed by atoms with Crippen molar-refractivity contribution >= 4 is 33.9 Å². The molecule has 0 amide bonds. The summed E-state index contributed by atoms with van der Waals surface area (Å²) in [5, 5.41) is 11.8. The molecule has 0 aliphatic heterocycles. The highest BCUT2D eigenvalue weighted by atomic mass is 127. The second kappa shape index (κ2) is 5.98. The first-order valence-corrected chi connectivity index (χ1v) is 8.25. The van der Waals surface area contributed by atoms with Crippen LogP contribution in [0.2, 0.25) is 0 Å². The van der Waals surface area contributed by atoms with Gasteiger partial charge in [-0.15, -0.1) is 11.3 Å². The Labute approximate surface area is 143 Å². The van der Waals surface area contributed by atoms with Crippen molar-refractivity contribution in [3.8, 4) is 27.9 Å². The Morgan fingerprint density at radius 2 is 2.18 bits per heavy atom. The van der Waals surface area contributed by atoms with Gasteiger partial charge in [0.2, 0.25) is 0 Å². The van der Waals surface area contributed by atoms with Crippen molar-refractivity contribution in [2.24, 2.45) is 0 Å². The van der Waals surface area contributed by atoms with Crippen LogP contribution in [0.3, 0.4) is 0 Å². The average molecular weight is 420 g/mol. The first kappa shape index (κ1) is 14.9. The van der Waals surface area contributed by atoms with Gasteiger partial charge in [-0.05, 0) is 41.6 Å². The van der Waals surface area contributed by atoms with Crippen molar-refractivity contribution in [3.05, 3.63) is 55.1 Å². The molecular weight excluding hydrogens is 411 g/mol. The van der Waals surface area contributed by atoms with E-state index >= 15 is 0 Å². The lowest BCUT2D eigenvalue weighted by atomic mass is 10.1. The molecule has 5 nitrogen and oxygen atoms in total. The third-order valence-electron chi connectivity index (χ3n) is 3.09. The van der Waals surface area contributed by atoms with Crippen molar-refractivity contribution in [2.75, 3.05) is 0 Å². The van der Waals surface area contributed by atoms with E-state index in [0.717, 1.165) is 25.4 Å². The predicted molar refractivity (Wildman–Crippen MR) is 93.6 cm³/mol. The minimum Gasteiger partial charge on any atom is -0.325 e. The summed E-state index contributed by atoms with van der Waals surface area (Å²) in [6, 6.07) is 5.49. The van der Waals surface area contributed by atoms with Crippen LogP contribution in [0.5, 0.6) is 0 Å². The number of aryl methyl sites for hydroxylation is 1. The van der Waals surface area contributed by atoms with E-state index in [0.29, 0.717) is 5.69 Å². The van der Waals surface area contributed by atoms with Crippen molar-refractivity contribution in [3.63, 3.8) is 0 Å². The summed E-state index contributed by atoms with van der Waals surface area (Å²) in [5.41, 5.74) is 2.86. The summed E-state index contributed by atoms with van der Waals surface area (Å²) in [5.74, 6) is 0. The molecule has 3 aromatic heterocycles. The van der Waals surface area contributed by atoms with Crippen molar-refractivity contribution < 1.29 is 0 Å². The smallest absolute Gasteiger partial charge is 0.266 e. The van der Waals surface area contributed by atoms with Gasteiger partial charge in [-0.2, -0.15) is 5.26 Å². The maximum Gasteiger partial charge on any atom is 0.266 e. The van der Waals surface area contributed by atoms with E-state index in [1.807, 2.05) is 17.5 Å². The fourth-order valence-electron chi connectivity index (χ4n) is 2.03. The lowest BCUT2D eigenvalue weighted by Crippen LogP contribution is -2.11. The standard InChI is InChI=1S/C15H9IN4OS/c1-8-12(3-9(4-17)14(21)19-8)13-7-22-15(20-13)10-2-11(16)6-18-5-10/h2-3,5-7H,1H3,(H,19,21). The number of hydrogen-bond donors (Lipinski definition) is 1. The molecule has 0 aliphatic rings. The molecule has 7 heteroatoms. The van der Waals surface area contributed by atoms with Crippen LogP contribution in [0.4, 0.5) is 0 Å². The highest BCUT2D eigenvalue weighted by molar-refractivity contribution is 14.1. The Morgan fingerprint density at radius 1 is 1.36 bits per heavy atom. The van der Waals surface area contributed by atoms with Gasteiger partial charge < -0.3 is 4.98 Å². The predicted octanol–water partition coefficient (Wildman–Crippen LogP) is 3.35. The van der Waals surface area contributed by atoms with E-state index in [9.17, 15) is 4.79 Å². The van der Waals surface area contributed by atoms with E-state index < -0.39 is 0 Å². The van der Waals surface area contributed by atoms with Gasteiger partial charge in [-0.1, -0.05) is 0 Å². The molecule has 0 spiro atoms. The number of aromatic amines is 1. The van der Waals surface area contributed by atoms with Gasteiger partial charge >= 0.3 is 0 Å². The highest BCUT2D eigenvalue weighted by Crippen LogP contribution is 2.30. The van der Waals surface area contributed by atoms with Crippen LogP contribution in [-0.2, 0) is 0 Å². The molecule has 0 unspecified atom stereocenters. The molecule has 108 valence electrons. The minimum atomic E-state index is -0.374.